The standard InChI is InChI=1S/C14H26N2S/c1-5-13(15)14(12-7-9-17-10-12)16(4)8-6-11(2)3/h7,9-11,13-14H,5-6,8,15H2,1-4H3. The van der Waals surface area contributed by atoms with Crippen LogP contribution in [-0.2, 0) is 0 Å². The fourth-order valence-corrected chi connectivity index (χ4v) is 2.79. The van der Waals surface area contributed by atoms with Crippen molar-refractivity contribution >= 4 is 11.3 Å². The van der Waals surface area contributed by atoms with E-state index in [0.29, 0.717) is 6.04 Å². The molecule has 2 unspecified atom stereocenters. The van der Waals surface area contributed by atoms with Gasteiger partial charge in [-0.1, -0.05) is 20.8 Å². The van der Waals surface area contributed by atoms with Crippen LogP contribution in [0.25, 0.3) is 0 Å². The van der Waals surface area contributed by atoms with Gasteiger partial charge < -0.3 is 5.73 Å². The van der Waals surface area contributed by atoms with Crippen molar-refractivity contribution in [2.24, 2.45) is 11.7 Å². The minimum Gasteiger partial charge on any atom is -0.326 e. The molecule has 3 heteroatoms. The molecule has 2 nitrogen and oxygen atoms in total. The summed E-state index contributed by atoms with van der Waals surface area (Å²) >= 11 is 1.76. The number of thiophene rings is 1. The third-order valence-electron chi connectivity index (χ3n) is 3.30. The minimum atomic E-state index is 0.224. The van der Waals surface area contributed by atoms with Crippen molar-refractivity contribution in [2.45, 2.75) is 45.7 Å². The van der Waals surface area contributed by atoms with E-state index in [-0.39, 0.29) is 6.04 Å². The first-order valence-electron chi connectivity index (χ1n) is 6.54. The molecular weight excluding hydrogens is 228 g/mol. The molecule has 0 fully saturated rings. The highest BCUT2D eigenvalue weighted by Crippen LogP contribution is 2.26. The second-order valence-electron chi connectivity index (χ2n) is 5.24. The lowest BCUT2D eigenvalue weighted by Crippen LogP contribution is -2.39. The maximum Gasteiger partial charge on any atom is 0.0504 e. The first-order chi connectivity index (χ1) is 8.06. The third kappa shape index (κ3) is 4.41. The smallest absolute Gasteiger partial charge is 0.0504 e. The van der Waals surface area contributed by atoms with E-state index < -0.39 is 0 Å². The molecule has 1 rings (SSSR count). The zero-order valence-electron chi connectivity index (χ0n) is 11.5. The topological polar surface area (TPSA) is 29.3 Å². The van der Waals surface area contributed by atoms with Gasteiger partial charge in [-0.2, -0.15) is 11.3 Å². The molecule has 0 amide bonds. The summed E-state index contributed by atoms with van der Waals surface area (Å²) < 4.78 is 0. The van der Waals surface area contributed by atoms with Crippen molar-refractivity contribution in [3.63, 3.8) is 0 Å². The average Bonchev–Trinajstić information content (AvgIpc) is 2.79. The van der Waals surface area contributed by atoms with Gasteiger partial charge in [0.1, 0.15) is 0 Å². The van der Waals surface area contributed by atoms with E-state index in [4.69, 9.17) is 5.73 Å². The van der Waals surface area contributed by atoms with Crippen molar-refractivity contribution in [1.82, 2.24) is 4.90 Å². The molecule has 1 aromatic rings. The first-order valence-corrected chi connectivity index (χ1v) is 7.48. The van der Waals surface area contributed by atoms with E-state index in [9.17, 15) is 0 Å². The predicted octanol–water partition coefficient (Wildman–Crippen LogP) is 3.50. The molecule has 1 heterocycles. The zero-order valence-corrected chi connectivity index (χ0v) is 12.3. The van der Waals surface area contributed by atoms with Crippen LogP contribution in [0.4, 0.5) is 0 Å². The fraction of sp³-hybridized carbons (Fsp3) is 0.714. The van der Waals surface area contributed by atoms with Crippen LogP contribution in [0.1, 0.15) is 45.2 Å². The number of nitrogens with two attached hydrogens (primary N) is 1. The second-order valence-corrected chi connectivity index (χ2v) is 6.02. The van der Waals surface area contributed by atoms with E-state index in [1.807, 2.05) is 0 Å². The van der Waals surface area contributed by atoms with Gasteiger partial charge in [0.25, 0.3) is 0 Å². The molecule has 0 aromatic carbocycles. The lowest BCUT2D eigenvalue weighted by molar-refractivity contribution is 0.200. The Hall–Kier alpha value is -0.380. The largest absolute Gasteiger partial charge is 0.326 e. The fourth-order valence-electron chi connectivity index (χ4n) is 2.10. The number of rotatable bonds is 7. The van der Waals surface area contributed by atoms with Gasteiger partial charge in [0.2, 0.25) is 0 Å². The summed E-state index contributed by atoms with van der Waals surface area (Å²) in [5, 5.41) is 4.37. The van der Waals surface area contributed by atoms with E-state index in [1.165, 1.54) is 12.0 Å². The third-order valence-corrected chi connectivity index (χ3v) is 4.00. The summed E-state index contributed by atoms with van der Waals surface area (Å²) in [4.78, 5) is 2.41. The van der Waals surface area contributed by atoms with Gasteiger partial charge in [-0.15, -0.1) is 0 Å². The zero-order chi connectivity index (χ0) is 12.8. The molecule has 98 valence electrons. The monoisotopic (exact) mass is 254 g/mol. The second kappa shape index (κ2) is 7.14. The lowest BCUT2D eigenvalue weighted by Gasteiger charge is -2.32. The highest BCUT2D eigenvalue weighted by molar-refractivity contribution is 7.07. The van der Waals surface area contributed by atoms with Crippen LogP contribution in [0.15, 0.2) is 16.8 Å². The van der Waals surface area contributed by atoms with Gasteiger partial charge >= 0.3 is 0 Å². The van der Waals surface area contributed by atoms with Crippen LogP contribution in [-0.4, -0.2) is 24.5 Å². The summed E-state index contributed by atoms with van der Waals surface area (Å²) in [5.41, 5.74) is 7.65. The van der Waals surface area contributed by atoms with Gasteiger partial charge in [-0.05, 0) is 54.7 Å². The van der Waals surface area contributed by atoms with Crippen molar-refractivity contribution in [2.75, 3.05) is 13.6 Å². The Morgan fingerprint density at radius 3 is 2.59 bits per heavy atom. The molecule has 1 aromatic heterocycles. The van der Waals surface area contributed by atoms with Crippen LogP contribution < -0.4 is 5.73 Å². The molecule has 2 N–H and O–H groups in total. The molecule has 0 saturated heterocycles. The number of nitrogens with zero attached hydrogens (tertiary/aromatic N) is 1. The predicted molar refractivity (Wildman–Crippen MR) is 77.4 cm³/mol. The molecular formula is C14H26N2S. The van der Waals surface area contributed by atoms with Gasteiger partial charge in [0, 0.05) is 6.04 Å². The molecule has 2 atom stereocenters. The van der Waals surface area contributed by atoms with Crippen LogP contribution in [0.2, 0.25) is 0 Å². The van der Waals surface area contributed by atoms with E-state index >= 15 is 0 Å². The summed E-state index contributed by atoms with van der Waals surface area (Å²) in [6.45, 7) is 7.83. The maximum absolute atomic E-state index is 6.28. The molecule has 0 bridgehead atoms. The van der Waals surface area contributed by atoms with Crippen LogP contribution in [0.5, 0.6) is 0 Å². The van der Waals surface area contributed by atoms with Crippen LogP contribution in [0, 0.1) is 5.92 Å². The first kappa shape index (κ1) is 14.7. The summed E-state index contributed by atoms with van der Waals surface area (Å²) in [5.74, 6) is 0.749. The highest BCUT2D eigenvalue weighted by atomic mass is 32.1. The van der Waals surface area contributed by atoms with Crippen LogP contribution in [0.3, 0.4) is 0 Å². The summed E-state index contributed by atoms with van der Waals surface area (Å²) in [6.07, 6.45) is 2.25. The number of hydrogen-bond acceptors (Lipinski definition) is 3. The van der Waals surface area contributed by atoms with Gasteiger partial charge in [0.05, 0.1) is 6.04 Å². The van der Waals surface area contributed by atoms with Crippen molar-refractivity contribution < 1.29 is 0 Å². The van der Waals surface area contributed by atoms with Crippen molar-refractivity contribution in [1.29, 1.82) is 0 Å². The molecule has 17 heavy (non-hydrogen) atoms. The normalized spacial score (nSPS) is 15.5. The molecule has 0 saturated carbocycles. The summed E-state index contributed by atoms with van der Waals surface area (Å²) in [6, 6.07) is 2.79. The van der Waals surface area contributed by atoms with E-state index in [0.717, 1.165) is 18.9 Å². The van der Waals surface area contributed by atoms with E-state index in [1.54, 1.807) is 11.3 Å². The van der Waals surface area contributed by atoms with E-state index in [2.05, 4.69) is 49.5 Å². The highest BCUT2D eigenvalue weighted by Gasteiger charge is 2.23. The molecule has 0 aliphatic heterocycles. The molecule has 0 radical (unpaired) electrons. The van der Waals surface area contributed by atoms with Gasteiger partial charge in [-0.3, -0.25) is 4.90 Å². The van der Waals surface area contributed by atoms with Gasteiger partial charge in [-0.25, -0.2) is 0 Å². The number of hydrogen-bond donors (Lipinski definition) is 1. The molecule has 0 aliphatic rings. The molecule has 0 spiro atoms. The Labute approximate surface area is 110 Å². The Bertz CT molecular complexity index is 295. The quantitative estimate of drug-likeness (QED) is 0.807. The Kier molecular flexibility index (Phi) is 6.17. The Morgan fingerprint density at radius 1 is 1.41 bits per heavy atom. The van der Waals surface area contributed by atoms with Gasteiger partial charge in [0.15, 0.2) is 0 Å². The minimum absolute atomic E-state index is 0.224. The Balaban J connectivity index is 2.69. The SMILES string of the molecule is CCC(N)C(c1ccsc1)N(C)CCC(C)C. The number of likely N-dealkylation sites (N-methyl/N-ethyl adjacent to an activating group) is 1. The maximum atomic E-state index is 6.28. The van der Waals surface area contributed by atoms with Crippen molar-refractivity contribution in [3.8, 4) is 0 Å². The van der Waals surface area contributed by atoms with Crippen molar-refractivity contribution in [3.05, 3.63) is 22.4 Å². The summed E-state index contributed by atoms with van der Waals surface area (Å²) in [7, 11) is 2.19. The van der Waals surface area contributed by atoms with Crippen LogP contribution >= 0.6 is 11.3 Å². The Morgan fingerprint density at radius 2 is 2.12 bits per heavy atom. The molecule has 0 aliphatic carbocycles. The average molecular weight is 254 g/mol. The lowest BCUT2D eigenvalue weighted by atomic mass is 9.98.